The van der Waals surface area contributed by atoms with Gasteiger partial charge in [-0.15, -0.1) is 0 Å². The molecule has 1 N–H and O–H groups in total. The van der Waals surface area contributed by atoms with Crippen molar-refractivity contribution in [3.8, 4) is 0 Å². The number of aliphatic carboxylic acids is 1. The average molecular weight is 131 g/mol. The van der Waals surface area contributed by atoms with E-state index in [0.717, 1.165) is 6.08 Å². The van der Waals surface area contributed by atoms with Crippen molar-refractivity contribution in [1.82, 2.24) is 0 Å². The number of rotatable bonds is 2. The van der Waals surface area contributed by atoms with Crippen molar-refractivity contribution >= 4 is 5.97 Å². The van der Waals surface area contributed by atoms with Crippen LogP contribution in [0.2, 0.25) is 0 Å². The fraction of sp³-hybridized carbons (Fsp3) is 0.250. The van der Waals surface area contributed by atoms with Crippen LogP contribution in [0.25, 0.3) is 0 Å². The Morgan fingerprint density at radius 2 is 2.22 bits per heavy atom. The van der Waals surface area contributed by atoms with Crippen molar-refractivity contribution in [2.45, 2.75) is 6.92 Å². The first-order chi connectivity index (χ1) is 4.09. The Bertz CT molecular complexity index is 155. The van der Waals surface area contributed by atoms with Gasteiger partial charge in [0.15, 0.2) is 0 Å². The summed E-state index contributed by atoms with van der Waals surface area (Å²) in [6.07, 6.45) is 0.933. The predicted molar refractivity (Wildman–Crippen MR) is 28.4 cm³/mol. The van der Waals surface area contributed by atoms with Crippen molar-refractivity contribution in [1.29, 1.82) is 0 Å². The van der Waals surface area contributed by atoms with Gasteiger partial charge in [-0.25, -0.2) is 4.79 Å². The van der Waals surface area contributed by atoms with Gasteiger partial charge in [-0.2, -0.15) is 0 Å². The Balaban J connectivity index is 4.38. The second-order valence-corrected chi connectivity index (χ2v) is 1.24. The lowest BCUT2D eigenvalue weighted by atomic mass is 10.4. The highest BCUT2D eigenvalue weighted by atomic mass is 16.6. The molecule has 9 heavy (non-hydrogen) atoms. The van der Waals surface area contributed by atoms with E-state index in [1.54, 1.807) is 0 Å². The molecule has 0 unspecified atom stereocenters. The van der Waals surface area contributed by atoms with Crippen LogP contribution < -0.4 is 0 Å². The molecule has 0 aliphatic heterocycles. The number of hydrogen-bond acceptors (Lipinski definition) is 3. The predicted octanol–water partition coefficient (Wildman–Crippen LogP) is 0.252. The van der Waals surface area contributed by atoms with Crippen LogP contribution in [0.1, 0.15) is 6.92 Å². The molecule has 5 heteroatoms. The molecule has 0 radical (unpaired) electrons. The maximum atomic E-state index is 9.86. The van der Waals surface area contributed by atoms with E-state index in [2.05, 4.69) is 0 Å². The van der Waals surface area contributed by atoms with Crippen molar-refractivity contribution < 1.29 is 14.8 Å². The smallest absolute Gasteiger partial charge is 0.407 e. The van der Waals surface area contributed by atoms with Gasteiger partial charge in [-0.05, 0) is 13.0 Å². The van der Waals surface area contributed by atoms with E-state index in [4.69, 9.17) is 5.11 Å². The summed E-state index contributed by atoms with van der Waals surface area (Å²) < 4.78 is 0. The number of hydrogen-bond donors (Lipinski definition) is 1. The van der Waals surface area contributed by atoms with Crippen LogP contribution in [-0.4, -0.2) is 16.0 Å². The zero-order valence-electron chi connectivity index (χ0n) is 4.70. The molecule has 0 aliphatic rings. The number of nitrogens with zero attached hydrogens (tertiary/aromatic N) is 1. The lowest BCUT2D eigenvalue weighted by molar-refractivity contribution is -0.421. The lowest BCUT2D eigenvalue weighted by Gasteiger charge is -1.86. The highest BCUT2D eigenvalue weighted by molar-refractivity contribution is 5.83. The van der Waals surface area contributed by atoms with Gasteiger partial charge in [0.1, 0.15) is 0 Å². The second kappa shape index (κ2) is 2.81. The minimum absolute atomic E-state index is 0.796. The molecule has 0 heterocycles. The van der Waals surface area contributed by atoms with Crippen LogP contribution in [0.15, 0.2) is 11.8 Å². The zero-order valence-corrected chi connectivity index (χ0v) is 4.70. The van der Waals surface area contributed by atoms with Crippen LogP contribution in [0.5, 0.6) is 0 Å². The number of nitro groups is 1. The van der Waals surface area contributed by atoms with Gasteiger partial charge >= 0.3 is 11.7 Å². The minimum Gasteiger partial charge on any atom is -0.473 e. The first-order valence-electron chi connectivity index (χ1n) is 2.13. The average Bonchev–Trinajstić information content (AvgIpc) is 1.64. The molecule has 0 aromatic carbocycles. The molecule has 0 rings (SSSR count). The van der Waals surface area contributed by atoms with E-state index in [0.29, 0.717) is 0 Å². The van der Waals surface area contributed by atoms with E-state index < -0.39 is 16.6 Å². The zero-order chi connectivity index (χ0) is 7.44. The first-order valence-corrected chi connectivity index (χ1v) is 2.13. The molecular formula is C4H5NO4. The van der Waals surface area contributed by atoms with Gasteiger partial charge in [0, 0.05) is 0 Å². The highest BCUT2D eigenvalue weighted by Gasteiger charge is 2.17. The van der Waals surface area contributed by atoms with E-state index in [1.165, 1.54) is 6.92 Å². The fourth-order valence-electron chi connectivity index (χ4n) is 0.307. The Morgan fingerprint density at radius 3 is 2.22 bits per heavy atom. The van der Waals surface area contributed by atoms with E-state index >= 15 is 0 Å². The number of allylic oxidation sites excluding steroid dienone is 1. The number of carboxylic acid groups (broad SMARTS) is 1. The SMILES string of the molecule is C/C=C(\C(=O)O)[N+](=O)[O-]. The Labute approximate surface area is 50.8 Å². The molecule has 0 aliphatic carbocycles. The van der Waals surface area contributed by atoms with Crippen LogP contribution in [0.3, 0.4) is 0 Å². The molecule has 0 aromatic heterocycles. The highest BCUT2D eigenvalue weighted by Crippen LogP contribution is 1.92. The third-order valence-electron chi connectivity index (χ3n) is 0.689. The summed E-state index contributed by atoms with van der Waals surface area (Å²) in [6, 6.07) is 0. The molecule has 5 nitrogen and oxygen atoms in total. The fourth-order valence-corrected chi connectivity index (χ4v) is 0.307. The Hall–Kier alpha value is -1.39. The Kier molecular flexibility index (Phi) is 2.37. The molecule has 50 valence electrons. The molecule has 0 amide bonds. The van der Waals surface area contributed by atoms with Gasteiger partial charge in [0.25, 0.3) is 0 Å². The summed E-state index contributed by atoms with van der Waals surface area (Å²) in [4.78, 5) is 18.6. The van der Waals surface area contributed by atoms with E-state index in [-0.39, 0.29) is 0 Å². The van der Waals surface area contributed by atoms with E-state index in [9.17, 15) is 14.9 Å². The Morgan fingerprint density at radius 1 is 1.78 bits per heavy atom. The molecular weight excluding hydrogens is 126 g/mol. The number of carbonyl (C=O) groups is 1. The molecule has 0 bridgehead atoms. The maximum absolute atomic E-state index is 9.86. The summed E-state index contributed by atoms with van der Waals surface area (Å²) in [5.41, 5.74) is -0.796. The number of carboxylic acids is 1. The van der Waals surface area contributed by atoms with Gasteiger partial charge in [0.2, 0.25) is 0 Å². The quantitative estimate of drug-likeness (QED) is 0.331. The second-order valence-electron chi connectivity index (χ2n) is 1.24. The van der Waals surface area contributed by atoms with Crippen molar-refractivity contribution in [3.05, 3.63) is 21.9 Å². The van der Waals surface area contributed by atoms with Crippen LogP contribution in [0, 0.1) is 10.1 Å². The summed E-state index contributed by atoms with van der Waals surface area (Å²) in [7, 11) is 0. The summed E-state index contributed by atoms with van der Waals surface area (Å²) in [5, 5.41) is 17.8. The molecule has 0 aromatic rings. The largest absolute Gasteiger partial charge is 0.473 e. The minimum atomic E-state index is -1.51. The summed E-state index contributed by atoms with van der Waals surface area (Å²) >= 11 is 0. The molecule has 0 saturated heterocycles. The van der Waals surface area contributed by atoms with Crippen LogP contribution in [-0.2, 0) is 4.79 Å². The lowest BCUT2D eigenvalue weighted by Crippen LogP contribution is -2.09. The molecule has 0 saturated carbocycles. The van der Waals surface area contributed by atoms with Gasteiger partial charge in [-0.1, -0.05) is 0 Å². The third kappa shape index (κ3) is 1.89. The maximum Gasteiger partial charge on any atom is 0.407 e. The van der Waals surface area contributed by atoms with Gasteiger partial charge < -0.3 is 5.11 Å². The topological polar surface area (TPSA) is 80.4 Å². The van der Waals surface area contributed by atoms with Crippen LogP contribution in [0.4, 0.5) is 0 Å². The molecule has 0 fully saturated rings. The van der Waals surface area contributed by atoms with Crippen molar-refractivity contribution in [2.24, 2.45) is 0 Å². The summed E-state index contributed by atoms with van der Waals surface area (Å²) in [6.45, 7) is 1.30. The van der Waals surface area contributed by atoms with Gasteiger partial charge in [0.05, 0.1) is 4.92 Å². The van der Waals surface area contributed by atoms with Gasteiger partial charge in [-0.3, -0.25) is 10.1 Å². The third-order valence-corrected chi connectivity index (χ3v) is 0.689. The molecule has 0 spiro atoms. The van der Waals surface area contributed by atoms with Crippen LogP contribution >= 0.6 is 0 Å². The summed E-state index contributed by atoms with van der Waals surface area (Å²) in [5.74, 6) is -1.51. The normalized spacial score (nSPS) is 11.0. The molecule has 0 atom stereocenters. The van der Waals surface area contributed by atoms with Crippen molar-refractivity contribution in [3.63, 3.8) is 0 Å². The monoisotopic (exact) mass is 131 g/mol. The first kappa shape index (κ1) is 7.61. The standard InChI is InChI=1S/C4H5NO4/c1-2-3(4(6)7)5(8)9/h2H,1H3,(H,6,7)/b3-2+. The van der Waals surface area contributed by atoms with Crippen molar-refractivity contribution in [2.75, 3.05) is 0 Å². The van der Waals surface area contributed by atoms with E-state index in [1.807, 2.05) is 0 Å².